The Morgan fingerprint density at radius 2 is 1.68 bits per heavy atom. The van der Waals surface area contributed by atoms with Crippen molar-refractivity contribution in [2.75, 3.05) is 6.61 Å². The zero-order chi connectivity index (χ0) is 24.9. The van der Waals surface area contributed by atoms with Crippen LogP contribution in [-0.4, -0.2) is 34.0 Å². The number of fused-ring (bicyclic) bond motifs is 7. The quantitative estimate of drug-likeness (QED) is 0.427. The summed E-state index contributed by atoms with van der Waals surface area (Å²) in [5.41, 5.74) is 0.670. The van der Waals surface area contributed by atoms with Gasteiger partial charge < -0.3 is 15.3 Å². The Labute approximate surface area is 206 Å². The summed E-state index contributed by atoms with van der Waals surface area (Å²) in [7, 11) is 0. The number of carboxylic acid groups (broad SMARTS) is 1. The third-order valence-corrected chi connectivity index (χ3v) is 13.5. The van der Waals surface area contributed by atoms with Crippen LogP contribution in [0.4, 0.5) is 0 Å². The van der Waals surface area contributed by atoms with Crippen molar-refractivity contribution < 1.29 is 20.1 Å². The molecule has 0 bridgehead atoms. The molecule has 34 heavy (non-hydrogen) atoms. The number of hydrogen-bond acceptors (Lipinski definition) is 3. The van der Waals surface area contributed by atoms with Crippen LogP contribution in [-0.2, 0) is 4.79 Å². The second kappa shape index (κ2) is 7.57. The van der Waals surface area contributed by atoms with Crippen molar-refractivity contribution >= 4 is 5.97 Å². The van der Waals surface area contributed by atoms with Gasteiger partial charge in [0.15, 0.2) is 0 Å². The van der Waals surface area contributed by atoms with E-state index in [2.05, 4.69) is 47.6 Å². The van der Waals surface area contributed by atoms with Crippen LogP contribution in [0.5, 0.6) is 0 Å². The van der Waals surface area contributed by atoms with Gasteiger partial charge in [-0.25, -0.2) is 0 Å². The third kappa shape index (κ3) is 2.76. The van der Waals surface area contributed by atoms with Crippen LogP contribution in [0.1, 0.15) is 99.3 Å². The maximum atomic E-state index is 12.8. The van der Waals surface area contributed by atoms with Gasteiger partial charge in [0.1, 0.15) is 0 Å². The van der Waals surface area contributed by atoms with Gasteiger partial charge in [0.2, 0.25) is 0 Å². The van der Waals surface area contributed by atoms with Crippen molar-refractivity contribution in [3.8, 4) is 0 Å². The van der Waals surface area contributed by atoms with E-state index in [0.717, 1.165) is 57.8 Å². The zero-order valence-electron chi connectivity index (χ0n) is 22.4. The Hall–Kier alpha value is -0.870. The molecule has 0 spiro atoms. The van der Waals surface area contributed by atoms with Crippen molar-refractivity contribution in [1.29, 1.82) is 0 Å². The van der Waals surface area contributed by atoms with Crippen molar-refractivity contribution in [3.63, 3.8) is 0 Å². The summed E-state index contributed by atoms with van der Waals surface area (Å²) in [5.74, 6) is 1.35. The van der Waals surface area contributed by atoms with Crippen LogP contribution in [0.3, 0.4) is 0 Å². The molecule has 4 saturated carbocycles. The summed E-state index contributed by atoms with van der Waals surface area (Å²) >= 11 is 0. The molecule has 0 aliphatic heterocycles. The van der Waals surface area contributed by atoms with Gasteiger partial charge >= 0.3 is 5.97 Å². The highest BCUT2D eigenvalue weighted by Gasteiger charge is 2.69. The highest BCUT2D eigenvalue weighted by atomic mass is 16.4. The summed E-state index contributed by atoms with van der Waals surface area (Å²) in [6.45, 7) is 14.3. The average molecular weight is 473 g/mol. The molecule has 4 heteroatoms. The van der Waals surface area contributed by atoms with Crippen LogP contribution < -0.4 is 0 Å². The average Bonchev–Trinajstić information content (AvgIpc) is 2.79. The van der Waals surface area contributed by atoms with Gasteiger partial charge in [-0.15, -0.1) is 0 Å². The first-order valence-corrected chi connectivity index (χ1v) is 14.0. The largest absolute Gasteiger partial charge is 0.481 e. The Morgan fingerprint density at radius 1 is 0.971 bits per heavy atom. The number of aliphatic hydroxyl groups is 2. The van der Waals surface area contributed by atoms with Crippen molar-refractivity contribution in [2.24, 2.45) is 56.7 Å². The predicted octanol–water partition coefficient (Wildman–Crippen LogP) is 6.06. The summed E-state index contributed by atoms with van der Waals surface area (Å²) in [5, 5.41) is 31.9. The minimum absolute atomic E-state index is 0.0184. The fraction of sp³-hybridized carbons (Fsp3) is 0.900. The molecule has 3 N–H and O–H groups in total. The lowest BCUT2D eigenvalue weighted by Gasteiger charge is -2.71. The predicted molar refractivity (Wildman–Crippen MR) is 134 cm³/mol. The van der Waals surface area contributed by atoms with Gasteiger partial charge in [0, 0.05) is 5.41 Å². The summed E-state index contributed by atoms with van der Waals surface area (Å²) in [6, 6.07) is 0. The first kappa shape index (κ1) is 24.8. The second-order valence-electron chi connectivity index (χ2n) is 14.3. The smallest absolute Gasteiger partial charge is 0.310 e. The van der Waals surface area contributed by atoms with E-state index < -0.39 is 22.9 Å². The molecule has 4 nitrogen and oxygen atoms in total. The van der Waals surface area contributed by atoms with E-state index in [9.17, 15) is 20.1 Å². The summed E-state index contributed by atoms with van der Waals surface area (Å²) in [6.07, 6.45) is 10.6. The maximum Gasteiger partial charge on any atom is 0.310 e. The second-order valence-corrected chi connectivity index (χ2v) is 14.3. The SMILES string of the molecule is C[C@H]1[C@H](C)CC[C@]2(C(=O)O)CC[C@]3(C)C(=CC[C@@H]4[C@@]5(C)CC[C@@H](O)C(C)(CO)C5CC[C@]43C)[C@H]12. The highest BCUT2D eigenvalue weighted by molar-refractivity contribution is 5.76. The number of allylic oxidation sites excluding steroid dienone is 2. The van der Waals surface area contributed by atoms with E-state index in [4.69, 9.17) is 0 Å². The van der Waals surface area contributed by atoms with Crippen LogP contribution in [0.2, 0.25) is 0 Å². The number of aliphatic carboxylic acids is 1. The fourth-order valence-corrected chi connectivity index (χ4v) is 10.9. The summed E-state index contributed by atoms with van der Waals surface area (Å²) < 4.78 is 0. The van der Waals surface area contributed by atoms with E-state index in [0.29, 0.717) is 23.7 Å². The maximum absolute atomic E-state index is 12.8. The molecule has 2 unspecified atom stereocenters. The van der Waals surface area contributed by atoms with Crippen molar-refractivity contribution in [3.05, 3.63) is 11.6 Å². The van der Waals surface area contributed by atoms with Gasteiger partial charge in [0.05, 0.1) is 18.1 Å². The molecule has 4 fully saturated rings. The Kier molecular flexibility index (Phi) is 5.52. The van der Waals surface area contributed by atoms with Gasteiger partial charge in [-0.1, -0.05) is 53.2 Å². The fourth-order valence-electron chi connectivity index (χ4n) is 10.9. The molecule has 5 aliphatic carbocycles. The van der Waals surface area contributed by atoms with Gasteiger partial charge in [0.25, 0.3) is 0 Å². The molecule has 0 amide bonds. The molecule has 192 valence electrons. The number of carboxylic acids is 1. The molecule has 11 atom stereocenters. The van der Waals surface area contributed by atoms with E-state index in [1.54, 1.807) is 0 Å². The number of carbonyl (C=O) groups is 1. The van der Waals surface area contributed by atoms with E-state index in [1.165, 1.54) is 5.57 Å². The molecule has 5 aliphatic rings. The molecule has 0 aromatic heterocycles. The zero-order valence-corrected chi connectivity index (χ0v) is 22.4. The summed E-state index contributed by atoms with van der Waals surface area (Å²) in [4.78, 5) is 12.8. The third-order valence-electron chi connectivity index (χ3n) is 13.5. The number of aliphatic hydroxyl groups excluding tert-OH is 2. The number of hydrogen-bond donors (Lipinski definition) is 3. The molecule has 0 aromatic carbocycles. The molecule has 5 rings (SSSR count). The minimum Gasteiger partial charge on any atom is -0.481 e. The molecule has 0 aromatic rings. The Balaban J connectivity index is 1.61. The van der Waals surface area contributed by atoms with Crippen LogP contribution >= 0.6 is 0 Å². The Bertz CT molecular complexity index is 896. The Morgan fingerprint density at radius 3 is 2.32 bits per heavy atom. The van der Waals surface area contributed by atoms with E-state index in [1.807, 2.05) is 0 Å². The normalized spacial score (nSPS) is 56.9. The standard InChI is InChI=1S/C30H48O4/c1-18-9-14-30(25(33)34)16-15-28(5)20(24(30)19(18)2)7-8-22-26(3)12-11-23(32)27(4,17-31)21(26)10-13-29(22,28)6/h7,18-19,21-24,31-32H,8-17H2,1-6H3,(H,33,34)/t18-,19+,21?,22-,23-,24+,26+,27?,28-,29-,30+/m1/s1. The number of rotatable bonds is 2. The van der Waals surface area contributed by atoms with Gasteiger partial charge in [-0.2, -0.15) is 0 Å². The van der Waals surface area contributed by atoms with E-state index in [-0.39, 0.29) is 28.8 Å². The topological polar surface area (TPSA) is 77.8 Å². The lowest BCUT2D eigenvalue weighted by molar-refractivity contribution is -0.217. The minimum atomic E-state index is -0.591. The monoisotopic (exact) mass is 472 g/mol. The molecule has 0 heterocycles. The molecule has 0 radical (unpaired) electrons. The van der Waals surface area contributed by atoms with Crippen molar-refractivity contribution in [1.82, 2.24) is 0 Å². The highest BCUT2D eigenvalue weighted by Crippen LogP contribution is 2.75. The van der Waals surface area contributed by atoms with Gasteiger partial charge in [-0.3, -0.25) is 4.79 Å². The van der Waals surface area contributed by atoms with Crippen LogP contribution in [0.25, 0.3) is 0 Å². The van der Waals surface area contributed by atoms with Gasteiger partial charge in [-0.05, 0) is 104 Å². The van der Waals surface area contributed by atoms with Crippen LogP contribution in [0, 0.1) is 56.7 Å². The molecular formula is C30H48O4. The molecular weight excluding hydrogens is 424 g/mol. The lowest BCUT2D eigenvalue weighted by atomic mass is 9.33. The first-order valence-electron chi connectivity index (χ1n) is 14.0. The van der Waals surface area contributed by atoms with Crippen LogP contribution in [0.15, 0.2) is 11.6 Å². The van der Waals surface area contributed by atoms with Crippen molar-refractivity contribution in [2.45, 2.75) is 105 Å². The first-order chi connectivity index (χ1) is 15.8. The van der Waals surface area contributed by atoms with E-state index >= 15 is 0 Å². The molecule has 0 saturated heterocycles. The lowest BCUT2D eigenvalue weighted by Crippen LogP contribution is -2.66.